The summed E-state index contributed by atoms with van der Waals surface area (Å²) in [6.45, 7) is 1.21. The van der Waals surface area contributed by atoms with Crippen LogP contribution in [0.1, 0.15) is 12.5 Å². The molecule has 1 heterocycles. The third-order valence-electron chi connectivity index (χ3n) is 2.87. The lowest BCUT2D eigenvalue weighted by Crippen LogP contribution is -2.56. The minimum atomic E-state index is -0.762. The molecule has 0 spiro atoms. The van der Waals surface area contributed by atoms with Gasteiger partial charge < -0.3 is 0 Å². The second-order valence-corrected chi connectivity index (χ2v) is 4.12. The van der Waals surface area contributed by atoms with Crippen molar-refractivity contribution in [2.75, 3.05) is 6.54 Å². The van der Waals surface area contributed by atoms with Gasteiger partial charge in [0.2, 0.25) is 11.8 Å². The molecule has 4 nitrogen and oxygen atoms in total. The maximum atomic E-state index is 13.5. The predicted octanol–water partition coefficient (Wildman–Crippen LogP) is 0.812. The van der Waals surface area contributed by atoms with Crippen LogP contribution in [-0.4, -0.2) is 29.3 Å². The van der Waals surface area contributed by atoms with Gasteiger partial charge in [0.1, 0.15) is 11.6 Å². The van der Waals surface area contributed by atoms with Crippen LogP contribution in [0.2, 0.25) is 0 Å². The zero-order valence-corrected chi connectivity index (χ0v) is 9.74. The molecular weight excluding hydrogens is 242 g/mol. The van der Waals surface area contributed by atoms with E-state index in [1.165, 1.54) is 6.07 Å². The summed E-state index contributed by atoms with van der Waals surface area (Å²) < 4.78 is 26.9. The van der Waals surface area contributed by atoms with E-state index in [0.717, 1.165) is 17.0 Å². The van der Waals surface area contributed by atoms with Crippen molar-refractivity contribution < 1.29 is 18.4 Å². The Bertz CT molecular complexity index is 485. The number of hydrogen-bond donors (Lipinski definition) is 1. The van der Waals surface area contributed by atoms with Crippen molar-refractivity contribution in [3.8, 4) is 0 Å². The smallest absolute Gasteiger partial charge is 0.246 e. The van der Waals surface area contributed by atoms with E-state index >= 15 is 0 Å². The first-order valence-electron chi connectivity index (χ1n) is 5.51. The summed E-state index contributed by atoms with van der Waals surface area (Å²) in [5.41, 5.74) is -0.270. The number of carbonyl (C=O) groups excluding carboxylic acids is 2. The topological polar surface area (TPSA) is 49.4 Å². The zero-order valence-electron chi connectivity index (χ0n) is 9.74. The average molecular weight is 254 g/mol. The number of rotatable bonds is 2. The van der Waals surface area contributed by atoms with E-state index in [9.17, 15) is 18.4 Å². The molecule has 1 fully saturated rings. The highest BCUT2D eigenvalue weighted by atomic mass is 19.1. The highest BCUT2D eigenvalue weighted by Gasteiger charge is 2.32. The van der Waals surface area contributed by atoms with Crippen LogP contribution in [0.3, 0.4) is 0 Å². The van der Waals surface area contributed by atoms with Crippen molar-refractivity contribution in [1.29, 1.82) is 0 Å². The molecule has 0 aliphatic carbocycles. The number of halogens is 2. The number of amides is 2. The van der Waals surface area contributed by atoms with Crippen molar-refractivity contribution in [3.63, 3.8) is 0 Å². The second-order valence-electron chi connectivity index (χ2n) is 4.12. The highest BCUT2D eigenvalue weighted by Crippen LogP contribution is 2.16. The molecule has 1 aliphatic rings. The van der Waals surface area contributed by atoms with E-state index in [2.05, 4.69) is 5.32 Å². The van der Waals surface area contributed by atoms with Gasteiger partial charge in [-0.05, 0) is 19.1 Å². The number of nitrogens with zero attached hydrogens (tertiary/aromatic N) is 1. The summed E-state index contributed by atoms with van der Waals surface area (Å²) >= 11 is 0. The summed E-state index contributed by atoms with van der Waals surface area (Å²) in [6.07, 6.45) is 0. The molecule has 1 aromatic rings. The van der Waals surface area contributed by atoms with Crippen LogP contribution in [0.15, 0.2) is 18.2 Å². The Morgan fingerprint density at radius 3 is 2.56 bits per heavy atom. The molecule has 1 aliphatic heterocycles. The van der Waals surface area contributed by atoms with Gasteiger partial charge in [0, 0.05) is 5.56 Å². The van der Waals surface area contributed by atoms with Gasteiger partial charge in [0.15, 0.2) is 0 Å². The molecule has 2 amide bonds. The first-order chi connectivity index (χ1) is 8.50. The second kappa shape index (κ2) is 4.81. The van der Waals surface area contributed by atoms with Crippen LogP contribution in [0.5, 0.6) is 0 Å². The average Bonchev–Trinajstić information content (AvgIpc) is 2.33. The van der Waals surface area contributed by atoms with Crippen LogP contribution in [0, 0.1) is 11.6 Å². The van der Waals surface area contributed by atoms with E-state index in [1.54, 1.807) is 6.92 Å². The Morgan fingerprint density at radius 2 is 1.94 bits per heavy atom. The Balaban J connectivity index is 2.27. The van der Waals surface area contributed by atoms with Gasteiger partial charge in [-0.3, -0.25) is 19.8 Å². The van der Waals surface area contributed by atoms with Gasteiger partial charge in [0.05, 0.1) is 19.1 Å². The molecule has 0 aromatic heterocycles. The maximum Gasteiger partial charge on any atom is 0.246 e. The summed E-state index contributed by atoms with van der Waals surface area (Å²) in [6, 6.07) is 2.90. The van der Waals surface area contributed by atoms with Crippen LogP contribution in [-0.2, 0) is 16.1 Å². The molecule has 96 valence electrons. The summed E-state index contributed by atoms with van der Waals surface area (Å²) in [5.74, 6) is -2.49. The first kappa shape index (κ1) is 12.6. The van der Waals surface area contributed by atoms with Gasteiger partial charge in [-0.1, -0.05) is 6.07 Å². The largest absolute Gasteiger partial charge is 0.298 e. The van der Waals surface area contributed by atoms with Gasteiger partial charge in [-0.25, -0.2) is 8.78 Å². The molecule has 6 heteroatoms. The number of nitrogens with one attached hydrogen (secondary N) is 1. The minimum absolute atomic E-state index is 0.0109. The summed E-state index contributed by atoms with van der Waals surface area (Å²) in [4.78, 5) is 24.2. The van der Waals surface area contributed by atoms with Crippen LogP contribution in [0.25, 0.3) is 0 Å². The zero-order chi connectivity index (χ0) is 13.3. The molecule has 2 rings (SSSR count). The number of piperazine rings is 1. The van der Waals surface area contributed by atoms with E-state index in [-0.39, 0.29) is 18.7 Å². The van der Waals surface area contributed by atoms with E-state index in [0.29, 0.717) is 0 Å². The van der Waals surface area contributed by atoms with Crippen LogP contribution < -0.4 is 5.32 Å². The third kappa shape index (κ3) is 2.24. The van der Waals surface area contributed by atoms with Gasteiger partial charge in [0.25, 0.3) is 0 Å². The van der Waals surface area contributed by atoms with Crippen molar-refractivity contribution >= 4 is 11.8 Å². The normalized spacial score (nSPS) is 20.4. The fourth-order valence-electron chi connectivity index (χ4n) is 1.79. The molecule has 0 radical (unpaired) electrons. The molecule has 0 bridgehead atoms. The fourth-order valence-corrected chi connectivity index (χ4v) is 1.79. The highest BCUT2D eigenvalue weighted by molar-refractivity contribution is 6.00. The van der Waals surface area contributed by atoms with Crippen molar-refractivity contribution in [2.24, 2.45) is 0 Å². The van der Waals surface area contributed by atoms with E-state index in [4.69, 9.17) is 0 Å². The molecule has 1 saturated heterocycles. The van der Waals surface area contributed by atoms with Crippen molar-refractivity contribution in [3.05, 3.63) is 35.4 Å². The number of benzene rings is 1. The van der Waals surface area contributed by atoms with Crippen LogP contribution >= 0.6 is 0 Å². The van der Waals surface area contributed by atoms with Crippen molar-refractivity contribution in [2.45, 2.75) is 19.5 Å². The molecule has 1 N–H and O–H groups in total. The lowest BCUT2D eigenvalue weighted by Gasteiger charge is -2.29. The molecule has 0 saturated carbocycles. The standard InChI is InChI=1S/C12H12F2N2O2/c1-7-12(18)16(11(17)5-15-7)6-8-9(13)3-2-4-10(8)14/h2-4,7,15H,5-6H2,1H3. The number of hydrogen-bond acceptors (Lipinski definition) is 3. The van der Waals surface area contributed by atoms with E-state index < -0.39 is 29.5 Å². The lowest BCUT2D eigenvalue weighted by atomic mass is 10.1. The SMILES string of the molecule is CC1NCC(=O)N(Cc2c(F)cccc2F)C1=O. The Hall–Kier alpha value is -1.82. The summed E-state index contributed by atoms with van der Waals surface area (Å²) in [5, 5.41) is 2.70. The van der Waals surface area contributed by atoms with Gasteiger partial charge in [-0.2, -0.15) is 0 Å². The summed E-state index contributed by atoms with van der Waals surface area (Å²) in [7, 11) is 0. The molecular formula is C12H12F2N2O2. The van der Waals surface area contributed by atoms with Gasteiger partial charge >= 0.3 is 0 Å². The lowest BCUT2D eigenvalue weighted by molar-refractivity contribution is -0.149. The number of carbonyl (C=O) groups is 2. The van der Waals surface area contributed by atoms with E-state index in [1.807, 2.05) is 0 Å². The van der Waals surface area contributed by atoms with Gasteiger partial charge in [-0.15, -0.1) is 0 Å². The van der Waals surface area contributed by atoms with Crippen LogP contribution in [0.4, 0.5) is 8.78 Å². The molecule has 1 atom stereocenters. The monoisotopic (exact) mass is 254 g/mol. The minimum Gasteiger partial charge on any atom is -0.298 e. The quantitative estimate of drug-likeness (QED) is 0.795. The molecule has 18 heavy (non-hydrogen) atoms. The Kier molecular flexibility index (Phi) is 3.38. The number of imide groups is 1. The maximum absolute atomic E-state index is 13.5. The Labute approximate surface area is 103 Å². The fraction of sp³-hybridized carbons (Fsp3) is 0.333. The Morgan fingerprint density at radius 1 is 1.33 bits per heavy atom. The first-order valence-corrected chi connectivity index (χ1v) is 5.51. The molecule has 1 aromatic carbocycles. The molecule has 1 unspecified atom stereocenters. The predicted molar refractivity (Wildman–Crippen MR) is 59.4 cm³/mol. The third-order valence-corrected chi connectivity index (χ3v) is 2.87. The van der Waals surface area contributed by atoms with Crippen molar-refractivity contribution in [1.82, 2.24) is 10.2 Å².